The zero-order chi connectivity index (χ0) is 33.2. The SMILES string of the molecule is CC(C)n1ccc2c1CN(C1CCCCC1)c1nccc3[nH]nc-2c13.Cn1ccc2c3nnc4cc[nH]c(c43)n(C3CCOCC3)c(=O)c21. The molecular weight excluding hydrogens is 616 g/mol. The zero-order valence-corrected chi connectivity index (χ0v) is 28.3. The van der Waals surface area contributed by atoms with Crippen LogP contribution in [0.25, 0.3) is 55.1 Å². The van der Waals surface area contributed by atoms with E-state index >= 15 is 0 Å². The molecule has 7 aromatic heterocycles. The average molecular weight is 659 g/mol. The van der Waals surface area contributed by atoms with Gasteiger partial charge in [-0.25, -0.2) is 4.98 Å². The van der Waals surface area contributed by atoms with Crippen molar-refractivity contribution in [1.29, 1.82) is 0 Å². The van der Waals surface area contributed by atoms with Crippen LogP contribution in [-0.4, -0.2) is 63.3 Å². The van der Waals surface area contributed by atoms with Gasteiger partial charge in [-0.1, -0.05) is 19.3 Å². The van der Waals surface area contributed by atoms with E-state index < -0.39 is 0 Å². The summed E-state index contributed by atoms with van der Waals surface area (Å²) in [5, 5.41) is 19.5. The van der Waals surface area contributed by atoms with E-state index in [9.17, 15) is 4.79 Å². The van der Waals surface area contributed by atoms with E-state index in [4.69, 9.17) is 9.72 Å². The van der Waals surface area contributed by atoms with Gasteiger partial charge in [-0.3, -0.25) is 14.5 Å². The lowest BCUT2D eigenvalue weighted by molar-refractivity contribution is 0.0698. The number of hydrogen-bond acceptors (Lipinski definition) is 7. The average Bonchev–Trinajstić information content (AvgIpc) is 3.90. The molecule has 2 aliphatic heterocycles. The van der Waals surface area contributed by atoms with Crippen LogP contribution in [0, 0.1) is 0 Å². The molecule has 12 nitrogen and oxygen atoms in total. The first-order valence-corrected chi connectivity index (χ1v) is 17.7. The summed E-state index contributed by atoms with van der Waals surface area (Å²) < 4.78 is 11.6. The molecule has 1 saturated heterocycles. The highest BCUT2D eigenvalue weighted by molar-refractivity contribution is 6.13. The van der Waals surface area contributed by atoms with Crippen molar-refractivity contribution in [3.63, 3.8) is 0 Å². The van der Waals surface area contributed by atoms with Gasteiger partial charge in [0.25, 0.3) is 5.56 Å². The molecule has 0 unspecified atom stereocenters. The highest BCUT2D eigenvalue weighted by Crippen LogP contribution is 2.42. The minimum absolute atomic E-state index is 0.00569. The highest BCUT2D eigenvalue weighted by Gasteiger charge is 2.32. The maximum absolute atomic E-state index is 13.4. The van der Waals surface area contributed by atoms with Crippen molar-refractivity contribution in [2.75, 3.05) is 18.1 Å². The summed E-state index contributed by atoms with van der Waals surface area (Å²) in [6, 6.07) is 9.25. The minimum atomic E-state index is 0.00569. The number of fused-ring (bicyclic) bond motifs is 4. The molecule has 0 bridgehead atoms. The molecule has 7 aromatic rings. The summed E-state index contributed by atoms with van der Waals surface area (Å²) in [7, 11) is 1.90. The smallest absolute Gasteiger partial charge is 0.276 e. The number of aromatic nitrogens is 9. The van der Waals surface area contributed by atoms with Gasteiger partial charge < -0.3 is 23.8 Å². The van der Waals surface area contributed by atoms with E-state index in [-0.39, 0.29) is 11.6 Å². The number of aryl methyl sites for hydroxylation is 1. The van der Waals surface area contributed by atoms with Crippen LogP contribution in [0.5, 0.6) is 0 Å². The van der Waals surface area contributed by atoms with Gasteiger partial charge >= 0.3 is 0 Å². The van der Waals surface area contributed by atoms with Crippen molar-refractivity contribution in [1.82, 2.24) is 44.1 Å². The molecule has 0 amide bonds. The molecule has 0 radical (unpaired) electrons. The van der Waals surface area contributed by atoms with Crippen LogP contribution >= 0.6 is 0 Å². The van der Waals surface area contributed by atoms with Gasteiger partial charge in [-0.2, -0.15) is 5.10 Å². The van der Waals surface area contributed by atoms with E-state index in [0.717, 1.165) is 63.9 Å². The summed E-state index contributed by atoms with van der Waals surface area (Å²) in [6.45, 7) is 6.78. The molecule has 3 aliphatic rings. The first-order valence-electron chi connectivity index (χ1n) is 17.7. The van der Waals surface area contributed by atoms with E-state index in [1.165, 1.54) is 48.7 Å². The molecule has 2 fully saturated rings. The largest absolute Gasteiger partial charge is 0.381 e. The lowest BCUT2D eigenvalue weighted by Gasteiger charge is -2.35. The first-order chi connectivity index (χ1) is 24.0. The molecule has 1 saturated carbocycles. The summed E-state index contributed by atoms with van der Waals surface area (Å²) in [5.74, 6) is 1.11. The molecule has 0 aromatic carbocycles. The Morgan fingerprint density at radius 2 is 1.78 bits per heavy atom. The maximum Gasteiger partial charge on any atom is 0.276 e. The van der Waals surface area contributed by atoms with Crippen LogP contribution in [0.4, 0.5) is 5.82 Å². The number of pyridine rings is 2. The lowest BCUT2D eigenvalue weighted by atomic mass is 9.94. The summed E-state index contributed by atoms with van der Waals surface area (Å²) >= 11 is 0. The van der Waals surface area contributed by atoms with Gasteiger partial charge in [0.2, 0.25) is 0 Å². The zero-order valence-electron chi connectivity index (χ0n) is 28.3. The van der Waals surface area contributed by atoms with Crippen LogP contribution in [0.15, 0.2) is 53.8 Å². The third-order valence-corrected chi connectivity index (χ3v) is 10.9. The number of aromatic amines is 2. The van der Waals surface area contributed by atoms with Crippen LogP contribution in [0.2, 0.25) is 0 Å². The Balaban J connectivity index is 0.000000133. The fourth-order valence-corrected chi connectivity index (χ4v) is 8.46. The predicted molar refractivity (Wildman–Crippen MR) is 192 cm³/mol. The number of rotatable bonds is 3. The third-order valence-electron chi connectivity index (χ3n) is 10.9. The normalized spacial score (nSPS) is 17.3. The Morgan fingerprint density at radius 1 is 0.939 bits per heavy atom. The van der Waals surface area contributed by atoms with Gasteiger partial charge in [0.05, 0.1) is 22.8 Å². The van der Waals surface area contributed by atoms with Gasteiger partial charge in [-0.15, -0.1) is 10.2 Å². The predicted octanol–water partition coefficient (Wildman–Crippen LogP) is 6.78. The standard InChI is InChI=1S/C20H25N5.C17H17N5O2/c1-13(2)24-11-9-15-17(24)12-25(14-6-4-3-5-7-14)20-18-16(8-10-21-20)22-23-19(15)18;1-21-7-3-11-14-13-12(19-20-14)2-6-18-16(13)22(17(23)15(11)21)10-4-8-24-9-5-10/h8-11,13-14H,3-7,12H2,1-2H3,(H,22,23);2-3,6-7,10,18H,4-5,8-9H2,1H3. The second-order valence-corrected chi connectivity index (χ2v) is 14.1. The Hall–Kier alpha value is -4.97. The number of ether oxygens (including phenoxy) is 1. The van der Waals surface area contributed by atoms with Gasteiger partial charge in [0.1, 0.15) is 33.7 Å². The van der Waals surface area contributed by atoms with Crippen LogP contribution in [0.3, 0.4) is 0 Å². The molecule has 12 heteroatoms. The minimum Gasteiger partial charge on any atom is -0.381 e. The third kappa shape index (κ3) is 4.79. The highest BCUT2D eigenvalue weighted by atomic mass is 16.5. The molecule has 2 N–H and O–H groups in total. The van der Waals surface area contributed by atoms with Gasteiger partial charge in [0, 0.05) is 79.8 Å². The molecule has 0 spiro atoms. The lowest BCUT2D eigenvalue weighted by Crippen LogP contribution is -2.37. The van der Waals surface area contributed by atoms with Crippen LogP contribution in [0.1, 0.15) is 76.6 Å². The van der Waals surface area contributed by atoms with Crippen molar-refractivity contribution in [3.8, 4) is 11.3 Å². The Kier molecular flexibility index (Phi) is 7.29. The van der Waals surface area contributed by atoms with Crippen LogP contribution in [-0.2, 0) is 18.3 Å². The molecule has 9 heterocycles. The molecule has 49 heavy (non-hydrogen) atoms. The first kappa shape index (κ1) is 30.1. The monoisotopic (exact) mass is 658 g/mol. The van der Waals surface area contributed by atoms with E-state index in [1.807, 2.05) is 53.0 Å². The Morgan fingerprint density at radius 3 is 2.59 bits per heavy atom. The second kappa shape index (κ2) is 11.9. The molecular formula is C37H42N10O2. The van der Waals surface area contributed by atoms with Crippen LogP contribution < -0.4 is 10.5 Å². The number of nitrogens with one attached hydrogen (secondary N) is 2. The summed E-state index contributed by atoms with van der Waals surface area (Å²) in [4.78, 5) is 24.1. The second-order valence-electron chi connectivity index (χ2n) is 14.1. The Labute approximate surface area is 283 Å². The maximum atomic E-state index is 13.4. The summed E-state index contributed by atoms with van der Waals surface area (Å²) in [5.41, 5.74) is 7.81. The fourth-order valence-electron chi connectivity index (χ4n) is 8.46. The quantitative estimate of drug-likeness (QED) is 0.214. The number of anilines is 1. The van der Waals surface area contributed by atoms with Crippen molar-refractivity contribution < 1.29 is 4.74 Å². The fraction of sp³-hybridized carbons (Fsp3) is 0.432. The number of H-pyrrole nitrogens is 2. The number of hydrogen-bond donors (Lipinski definition) is 2. The van der Waals surface area contributed by atoms with E-state index in [2.05, 4.69) is 61.0 Å². The van der Waals surface area contributed by atoms with Gasteiger partial charge in [0.15, 0.2) is 0 Å². The van der Waals surface area contributed by atoms with Crippen molar-refractivity contribution in [2.45, 2.75) is 83.5 Å². The van der Waals surface area contributed by atoms with Crippen molar-refractivity contribution >= 4 is 49.7 Å². The van der Waals surface area contributed by atoms with E-state index in [0.29, 0.717) is 30.8 Å². The molecule has 1 aliphatic carbocycles. The van der Waals surface area contributed by atoms with Crippen molar-refractivity contribution in [2.24, 2.45) is 7.05 Å². The number of nitrogens with zero attached hydrogens (tertiary/aromatic N) is 8. The Bertz CT molecular complexity index is 2380. The molecule has 0 atom stereocenters. The van der Waals surface area contributed by atoms with Crippen molar-refractivity contribution in [3.05, 3.63) is 65.1 Å². The molecule has 10 rings (SSSR count). The molecule has 252 valence electrons. The van der Waals surface area contributed by atoms with Gasteiger partial charge in [-0.05, 0) is 63.8 Å². The van der Waals surface area contributed by atoms with E-state index in [1.54, 1.807) is 0 Å². The summed E-state index contributed by atoms with van der Waals surface area (Å²) in [6.07, 6.45) is 16.1. The topological polar surface area (TPSA) is 127 Å².